The number of rotatable bonds is 8. The van der Waals surface area contributed by atoms with Gasteiger partial charge in [-0.15, -0.1) is 0 Å². The van der Waals surface area contributed by atoms with E-state index in [-0.39, 0.29) is 12.1 Å². The van der Waals surface area contributed by atoms with E-state index in [1.807, 2.05) is 32.0 Å². The van der Waals surface area contributed by atoms with Crippen molar-refractivity contribution in [2.45, 2.75) is 46.3 Å². The first-order chi connectivity index (χ1) is 13.0. The van der Waals surface area contributed by atoms with Gasteiger partial charge in [0.15, 0.2) is 6.04 Å². The average Bonchev–Trinajstić information content (AvgIpc) is 2.66. The molecule has 1 atom stereocenters. The normalized spacial score (nSPS) is 11.6. The van der Waals surface area contributed by atoms with Gasteiger partial charge in [-0.25, -0.2) is 4.79 Å². The molecule has 2 rings (SSSR count). The topological polar surface area (TPSA) is 71.3 Å². The highest BCUT2D eigenvalue weighted by Gasteiger charge is 2.23. The second kappa shape index (κ2) is 9.63. The molecular formula is C22H26N2O3. The molecule has 0 fully saturated rings. The molecule has 5 heteroatoms. The summed E-state index contributed by atoms with van der Waals surface area (Å²) in [7, 11) is 0. The van der Waals surface area contributed by atoms with Crippen molar-refractivity contribution >= 4 is 11.7 Å². The highest BCUT2D eigenvalue weighted by molar-refractivity contribution is 5.81. The minimum absolute atomic E-state index is 0.0822. The molecule has 0 bridgehead atoms. The third kappa shape index (κ3) is 5.49. The van der Waals surface area contributed by atoms with Gasteiger partial charge in [0.25, 0.3) is 0 Å². The third-order valence-electron chi connectivity index (χ3n) is 4.01. The Hall–Kier alpha value is -3.00. The lowest BCUT2D eigenvalue weighted by atomic mass is 10.0. The molecule has 5 nitrogen and oxygen atoms in total. The molecule has 2 aromatic carbocycles. The minimum Gasteiger partial charge on any atom is -0.491 e. The largest absolute Gasteiger partial charge is 0.491 e. The van der Waals surface area contributed by atoms with Crippen molar-refractivity contribution in [3.05, 3.63) is 59.2 Å². The number of nitrogens with zero attached hydrogens (tertiary/aromatic N) is 1. The zero-order chi connectivity index (χ0) is 19.8. The van der Waals surface area contributed by atoms with Crippen LogP contribution < -0.4 is 10.1 Å². The van der Waals surface area contributed by atoms with E-state index in [1.54, 1.807) is 31.2 Å². The van der Waals surface area contributed by atoms with E-state index in [0.717, 1.165) is 29.0 Å². The smallest absolute Gasteiger partial charge is 0.333 e. The van der Waals surface area contributed by atoms with Gasteiger partial charge in [-0.05, 0) is 74.7 Å². The fourth-order valence-corrected chi connectivity index (χ4v) is 2.74. The summed E-state index contributed by atoms with van der Waals surface area (Å²) in [5.41, 5.74) is 3.16. The highest BCUT2D eigenvalue weighted by atomic mass is 16.5. The number of anilines is 1. The summed E-state index contributed by atoms with van der Waals surface area (Å²) in [5, 5.41) is 12.2. The van der Waals surface area contributed by atoms with E-state index in [0.29, 0.717) is 12.2 Å². The maximum atomic E-state index is 12.6. The molecule has 1 N–H and O–H groups in total. The molecule has 0 radical (unpaired) electrons. The first-order valence-corrected chi connectivity index (χ1v) is 9.21. The van der Waals surface area contributed by atoms with E-state index >= 15 is 0 Å². The third-order valence-corrected chi connectivity index (χ3v) is 4.01. The Morgan fingerprint density at radius 1 is 1.15 bits per heavy atom. The van der Waals surface area contributed by atoms with Crippen LogP contribution in [0.1, 0.15) is 50.4 Å². The predicted octanol–water partition coefficient (Wildman–Crippen LogP) is 4.62. The van der Waals surface area contributed by atoms with E-state index in [2.05, 4.69) is 18.3 Å². The standard InChI is InChI=1S/C22H26N2O3/c1-5-17-13-18(9-12-20(17)27-15(3)4)21(22(25)26-6-2)24-19-10-7-16(14-23)8-11-19/h7-13,15,21,24H,5-6H2,1-4H3. The molecule has 0 aliphatic heterocycles. The lowest BCUT2D eigenvalue weighted by Gasteiger charge is -2.21. The molecule has 0 amide bonds. The van der Waals surface area contributed by atoms with E-state index in [4.69, 9.17) is 14.7 Å². The zero-order valence-corrected chi connectivity index (χ0v) is 16.3. The molecule has 0 aromatic heterocycles. The van der Waals surface area contributed by atoms with Gasteiger partial charge in [0.05, 0.1) is 24.3 Å². The number of carbonyl (C=O) groups excluding carboxylic acids is 1. The van der Waals surface area contributed by atoms with Crippen molar-refractivity contribution in [1.82, 2.24) is 0 Å². The molecule has 27 heavy (non-hydrogen) atoms. The van der Waals surface area contributed by atoms with Gasteiger partial charge in [-0.3, -0.25) is 0 Å². The van der Waals surface area contributed by atoms with Crippen LogP contribution in [0.15, 0.2) is 42.5 Å². The van der Waals surface area contributed by atoms with Crippen LogP contribution in [0.25, 0.3) is 0 Å². The van der Waals surface area contributed by atoms with Crippen LogP contribution in [-0.2, 0) is 16.0 Å². The summed E-state index contributed by atoms with van der Waals surface area (Å²) in [6.07, 6.45) is 0.876. The van der Waals surface area contributed by atoms with Gasteiger partial charge >= 0.3 is 5.97 Å². The van der Waals surface area contributed by atoms with Gasteiger partial charge in [0.2, 0.25) is 0 Å². The summed E-state index contributed by atoms with van der Waals surface area (Å²) in [6.45, 7) is 8.12. The van der Waals surface area contributed by atoms with Gasteiger partial charge in [-0.1, -0.05) is 13.0 Å². The Bertz CT molecular complexity index is 807. The summed E-state index contributed by atoms with van der Waals surface area (Å²) < 4.78 is 11.1. The molecule has 2 aromatic rings. The quantitative estimate of drug-likeness (QED) is 0.690. The number of hydrogen-bond donors (Lipinski definition) is 1. The number of ether oxygens (including phenoxy) is 2. The van der Waals surface area contributed by atoms with E-state index < -0.39 is 6.04 Å². The molecule has 0 saturated carbocycles. The molecule has 0 spiro atoms. The summed E-state index contributed by atoms with van der Waals surface area (Å²) in [5.74, 6) is 0.485. The Balaban J connectivity index is 2.35. The summed E-state index contributed by atoms with van der Waals surface area (Å²) in [6, 6.07) is 14.2. The van der Waals surface area contributed by atoms with Gasteiger partial charge in [-0.2, -0.15) is 5.26 Å². The van der Waals surface area contributed by atoms with Crippen LogP contribution in [0, 0.1) is 11.3 Å². The van der Waals surface area contributed by atoms with Crippen LogP contribution in [-0.4, -0.2) is 18.7 Å². The predicted molar refractivity (Wildman–Crippen MR) is 106 cm³/mol. The van der Waals surface area contributed by atoms with Crippen LogP contribution in [0.3, 0.4) is 0 Å². The minimum atomic E-state index is -0.642. The Labute approximate surface area is 160 Å². The molecule has 1 unspecified atom stereocenters. The van der Waals surface area contributed by atoms with E-state index in [1.165, 1.54) is 0 Å². The Kier molecular flexibility index (Phi) is 7.25. The maximum absolute atomic E-state index is 12.6. The Morgan fingerprint density at radius 2 is 1.85 bits per heavy atom. The van der Waals surface area contributed by atoms with Gasteiger partial charge in [0.1, 0.15) is 5.75 Å². The lowest BCUT2D eigenvalue weighted by molar-refractivity contribution is -0.144. The van der Waals surface area contributed by atoms with Crippen LogP contribution >= 0.6 is 0 Å². The van der Waals surface area contributed by atoms with Crippen LogP contribution in [0.5, 0.6) is 5.75 Å². The first-order valence-electron chi connectivity index (χ1n) is 9.21. The highest BCUT2D eigenvalue weighted by Crippen LogP contribution is 2.28. The fraction of sp³-hybridized carbons (Fsp3) is 0.364. The SMILES string of the molecule is CCOC(=O)C(Nc1ccc(C#N)cc1)c1ccc(OC(C)C)c(CC)c1. The van der Waals surface area contributed by atoms with Crippen molar-refractivity contribution in [3.63, 3.8) is 0 Å². The monoisotopic (exact) mass is 366 g/mol. The number of hydrogen-bond acceptors (Lipinski definition) is 5. The molecule has 0 saturated heterocycles. The molecule has 0 aliphatic rings. The Morgan fingerprint density at radius 3 is 2.41 bits per heavy atom. The zero-order valence-electron chi connectivity index (χ0n) is 16.3. The average molecular weight is 366 g/mol. The number of aryl methyl sites for hydroxylation is 1. The van der Waals surface area contributed by atoms with Gasteiger partial charge < -0.3 is 14.8 Å². The molecule has 0 aliphatic carbocycles. The number of carbonyl (C=O) groups is 1. The molecular weight excluding hydrogens is 340 g/mol. The summed E-state index contributed by atoms with van der Waals surface area (Å²) in [4.78, 5) is 12.6. The number of esters is 1. The fourth-order valence-electron chi connectivity index (χ4n) is 2.74. The number of benzene rings is 2. The first kappa shape index (κ1) is 20.3. The van der Waals surface area contributed by atoms with Crippen molar-refractivity contribution < 1.29 is 14.3 Å². The van der Waals surface area contributed by atoms with Crippen LogP contribution in [0.2, 0.25) is 0 Å². The summed E-state index contributed by atoms with van der Waals surface area (Å²) >= 11 is 0. The second-order valence-corrected chi connectivity index (χ2v) is 6.41. The lowest BCUT2D eigenvalue weighted by Crippen LogP contribution is -2.23. The van der Waals surface area contributed by atoms with Crippen molar-refractivity contribution in [2.75, 3.05) is 11.9 Å². The molecule has 0 heterocycles. The van der Waals surface area contributed by atoms with Crippen molar-refractivity contribution in [3.8, 4) is 11.8 Å². The second-order valence-electron chi connectivity index (χ2n) is 6.41. The number of nitriles is 1. The van der Waals surface area contributed by atoms with Gasteiger partial charge in [0, 0.05) is 5.69 Å². The molecule has 142 valence electrons. The van der Waals surface area contributed by atoms with Crippen molar-refractivity contribution in [1.29, 1.82) is 5.26 Å². The van der Waals surface area contributed by atoms with E-state index in [9.17, 15) is 4.79 Å². The number of nitrogens with one attached hydrogen (secondary N) is 1. The van der Waals surface area contributed by atoms with Crippen LogP contribution in [0.4, 0.5) is 5.69 Å². The van der Waals surface area contributed by atoms with Crippen molar-refractivity contribution in [2.24, 2.45) is 0 Å². The maximum Gasteiger partial charge on any atom is 0.333 e.